The Labute approximate surface area is 205 Å². The van der Waals surface area contributed by atoms with Gasteiger partial charge in [-0.3, -0.25) is 9.59 Å². The summed E-state index contributed by atoms with van der Waals surface area (Å²) in [5, 5.41) is 7.48. The molecule has 188 valence electrons. The standard InChI is InChI=1S/C26H33N3O6/c1-18(28-22(30)16-27-25(33)35-26(2,3)4)23(31)29-21(15-19-11-7-5-8-12-19)24(32)34-17-20-13-9-6-10-14-20/h5-14,18,21H,15-17H2,1-4H3,(H,27,33)(H,28,30)(H,29,31)/t18-,21-/m1/s1. The molecule has 0 radical (unpaired) electrons. The molecule has 0 heterocycles. The number of esters is 1. The second kappa shape index (κ2) is 13.1. The quantitative estimate of drug-likeness (QED) is 0.446. The molecule has 0 bridgehead atoms. The van der Waals surface area contributed by atoms with Crippen molar-refractivity contribution in [2.24, 2.45) is 0 Å². The number of carbonyl (C=O) groups excluding carboxylic acids is 4. The van der Waals surface area contributed by atoms with E-state index in [0.29, 0.717) is 0 Å². The zero-order valence-electron chi connectivity index (χ0n) is 20.5. The number of hydrogen-bond donors (Lipinski definition) is 3. The van der Waals surface area contributed by atoms with Crippen LogP contribution in [0.5, 0.6) is 0 Å². The van der Waals surface area contributed by atoms with Gasteiger partial charge in [0.05, 0.1) is 0 Å². The average molecular weight is 484 g/mol. The van der Waals surface area contributed by atoms with E-state index in [2.05, 4.69) is 16.0 Å². The Balaban J connectivity index is 1.94. The van der Waals surface area contributed by atoms with Gasteiger partial charge < -0.3 is 25.4 Å². The number of carbonyl (C=O) groups is 4. The molecule has 0 fully saturated rings. The van der Waals surface area contributed by atoms with Gasteiger partial charge in [0.2, 0.25) is 11.8 Å². The van der Waals surface area contributed by atoms with Gasteiger partial charge in [0.25, 0.3) is 0 Å². The number of amides is 3. The lowest BCUT2D eigenvalue weighted by molar-refractivity contribution is -0.149. The van der Waals surface area contributed by atoms with Gasteiger partial charge in [-0.25, -0.2) is 9.59 Å². The van der Waals surface area contributed by atoms with Crippen LogP contribution >= 0.6 is 0 Å². The molecule has 35 heavy (non-hydrogen) atoms. The van der Waals surface area contributed by atoms with E-state index in [-0.39, 0.29) is 19.6 Å². The molecule has 2 aromatic rings. The summed E-state index contributed by atoms with van der Waals surface area (Å²) >= 11 is 0. The molecule has 3 amide bonds. The molecule has 0 spiro atoms. The summed E-state index contributed by atoms with van der Waals surface area (Å²) in [5.74, 6) is -1.73. The van der Waals surface area contributed by atoms with Gasteiger partial charge in [-0.15, -0.1) is 0 Å². The second-order valence-electron chi connectivity index (χ2n) is 8.99. The maximum atomic E-state index is 12.8. The molecule has 2 rings (SSSR count). The number of hydrogen-bond acceptors (Lipinski definition) is 6. The first-order chi connectivity index (χ1) is 16.5. The Kier molecular flexibility index (Phi) is 10.3. The highest BCUT2D eigenvalue weighted by atomic mass is 16.6. The lowest BCUT2D eigenvalue weighted by Crippen LogP contribution is -2.52. The van der Waals surface area contributed by atoms with Crippen molar-refractivity contribution in [3.63, 3.8) is 0 Å². The SMILES string of the molecule is C[C@@H](NC(=O)CNC(=O)OC(C)(C)C)C(=O)N[C@H](Cc1ccccc1)C(=O)OCc1ccccc1. The van der Waals surface area contributed by atoms with Crippen LogP contribution in [0.15, 0.2) is 60.7 Å². The van der Waals surface area contributed by atoms with Crippen LogP contribution in [-0.4, -0.2) is 48.1 Å². The Hall–Kier alpha value is -3.88. The van der Waals surface area contributed by atoms with E-state index in [1.54, 1.807) is 20.8 Å². The molecule has 0 unspecified atom stereocenters. The van der Waals surface area contributed by atoms with Crippen molar-refractivity contribution < 1.29 is 28.7 Å². The Bertz CT molecular complexity index is 989. The Morgan fingerprint density at radius 1 is 0.857 bits per heavy atom. The number of alkyl carbamates (subject to hydrolysis) is 1. The average Bonchev–Trinajstić information content (AvgIpc) is 2.81. The van der Waals surface area contributed by atoms with Crippen molar-refractivity contribution in [1.82, 2.24) is 16.0 Å². The third-order valence-corrected chi connectivity index (χ3v) is 4.67. The third-order valence-electron chi connectivity index (χ3n) is 4.67. The van der Waals surface area contributed by atoms with Gasteiger partial charge in [0, 0.05) is 6.42 Å². The fraction of sp³-hybridized carbons (Fsp3) is 0.385. The van der Waals surface area contributed by atoms with Gasteiger partial charge in [-0.2, -0.15) is 0 Å². The van der Waals surface area contributed by atoms with Crippen LogP contribution < -0.4 is 16.0 Å². The summed E-state index contributed by atoms with van der Waals surface area (Å²) in [6.45, 7) is 6.31. The van der Waals surface area contributed by atoms with Crippen LogP contribution in [0.3, 0.4) is 0 Å². The van der Waals surface area contributed by atoms with E-state index >= 15 is 0 Å². The lowest BCUT2D eigenvalue weighted by Gasteiger charge is -2.21. The van der Waals surface area contributed by atoms with Crippen molar-refractivity contribution in [3.8, 4) is 0 Å². The van der Waals surface area contributed by atoms with E-state index in [9.17, 15) is 19.2 Å². The maximum Gasteiger partial charge on any atom is 0.408 e. The minimum atomic E-state index is -0.955. The normalized spacial score (nSPS) is 12.6. The fourth-order valence-electron chi connectivity index (χ4n) is 2.99. The van der Waals surface area contributed by atoms with Crippen LogP contribution in [0.25, 0.3) is 0 Å². The summed E-state index contributed by atoms with van der Waals surface area (Å²) in [7, 11) is 0. The highest BCUT2D eigenvalue weighted by molar-refractivity contribution is 5.91. The minimum Gasteiger partial charge on any atom is -0.459 e. The summed E-state index contributed by atoms with van der Waals surface area (Å²) in [6, 6.07) is 16.5. The van der Waals surface area contributed by atoms with Crippen molar-refractivity contribution >= 4 is 23.9 Å². The molecular formula is C26H33N3O6. The molecule has 0 saturated carbocycles. The van der Waals surface area contributed by atoms with E-state index in [1.165, 1.54) is 6.92 Å². The van der Waals surface area contributed by atoms with Crippen molar-refractivity contribution in [2.45, 2.75) is 58.4 Å². The van der Waals surface area contributed by atoms with Gasteiger partial charge in [-0.1, -0.05) is 60.7 Å². The molecule has 2 aromatic carbocycles. The van der Waals surface area contributed by atoms with E-state index in [4.69, 9.17) is 9.47 Å². The van der Waals surface area contributed by atoms with Gasteiger partial charge in [-0.05, 0) is 38.8 Å². The van der Waals surface area contributed by atoms with Crippen LogP contribution in [0.2, 0.25) is 0 Å². The topological polar surface area (TPSA) is 123 Å². The van der Waals surface area contributed by atoms with Gasteiger partial charge >= 0.3 is 12.1 Å². The van der Waals surface area contributed by atoms with Crippen LogP contribution in [0.1, 0.15) is 38.8 Å². The van der Waals surface area contributed by atoms with Crippen molar-refractivity contribution in [1.29, 1.82) is 0 Å². The maximum absolute atomic E-state index is 12.8. The highest BCUT2D eigenvalue weighted by Crippen LogP contribution is 2.08. The molecule has 0 saturated heterocycles. The molecule has 0 aliphatic rings. The number of ether oxygens (including phenoxy) is 2. The summed E-state index contributed by atoms with van der Waals surface area (Å²) in [4.78, 5) is 49.4. The first-order valence-corrected chi connectivity index (χ1v) is 11.3. The molecule has 0 aliphatic carbocycles. The molecule has 2 atom stereocenters. The molecule has 0 aromatic heterocycles. The number of rotatable bonds is 10. The largest absolute Gasteiger partial charge is 0.459 e. The van der Waals surface area contributed by atoms with Crippen molar-refractivity contribution in [3.05, 3.63) is 71.8 Å². The van der Waals surface area contributed by atoms with E-state index in [0.717, 1.165) is 11.1 Å². The Morgan fingerprint density at radius 3 is 2.00 bits per heavy atom. The van der Waals surface area contributed by atoms with E-state index in [1.807, 2.05) is 60.7 Å². The highest BCUT2D eigenvalue weighted by Gasteiger charge is 2.26. The molecule has 9 heteroatoms. The third kappa shape index (κ3) is 10.7. The fourth-order valence-corrected chi connectivity index (χ4v) is 2.99. The first-order valence-electron chi connectivity index (χ1n) is 11.3. The van der Waals surface area contributed by atoms with E-state index < -0.39 is 41.6 Å². The van der Waals surface area contributed by atoms with Crippen LogP contribution in [-0.2, 0) is 36.9 Å². The van der Waals surface area contributed by atoms with Crippen molar-refractivity contribution in [2.75, 3.05) is 6.54 Å². The number of benzene rings is 2. The van der Waals surface area contributed by atoms with Crippen LogP contribution in [0.4, 0.5) is 4.79 Å². The molecule has 3 N–H and O–H groups in total. The summed E-state index contributed by atoms with van der Waals surface area (Å²) in [5.41, 5.74) is 0.966. The molecule has 9 nitrogen and oxygen atoms in total. The molecule has 0 aliphatic heterocycles. The summed E-state index contributed by atoms with van der Waals surface area (Å²) in [6.07, 6.45) is -0.519. The smallest absolute Gasteiger partial charge is 0.408 e. The predicted octanol–water partition coefficient (Wildman–Crippen LogP) is 2.49. The zero-order chi connectivity index (χ0) is 25.8. The minimum absolute atomic E-state index is 0.0729. The van der Waals surface area contributed by atoms with Crippen LogP contribution in [0, 0.1) is 0 Å². The monoisotopic (exact) mass is 483 g/mol. The Morgan fingerprint density at radius 2 is 1.43 bits per heavy atom. The van der Waals surface area contributed by atoms with Gasteiger partial charge in [0.15, 0.2) is 0 Å². The summed E-state index contributed by atoms with van der Waals surface area (Å²) < 4.78 is 10.5. The molecular weight excluding hydrogens is 450 g/mol. The first kappa shape index (κ1) is 27.4. The predicted molar refractivity (Wildman–Crippen MR) is 130 cm³/mol. The van der Waals surface area contributed by atoms with Gasteiger partial charge in [0.1, 0.15) is 30.8 Å². The zero-order valence-corrected chi connectivity index (χ0v) is 20.5. The number of nitrogens with one attached hydrogen (secondary N) is 3. The lowest BCUT2D eigenvalue weighted by atomic mass is 10.1. The second-order valence-corrected chi connectivity index (χ2v) is 8.99.